The summed E-state index contributed by atoms with van der Waals surface area (Å²) in [6.45, 7) is 5.88. The molecule has 5 N–H and O–H groups in total. The number of hydrogen-bond donors (Lipinski definition) is 3. The molecule has 0 aliphatic heterocycles. The maximum absolute atomic E-state index is 14.8. The van der Waals surface area contributed by atoms with Crippen molar-refractivity contribution in [1.82, 2.24) is 14.8 Å². The molecule has 0 atom stereocenters. The Labute approximate surface area is 251 Å². The lowest BCUT2D eigenvalue weighted by Gasteiger charge is -2.10. The van der Waals surface area contributed by atoms with E-state index in [1.807, 2.05) is 26.8 Å². The van der Waals surface area contributed by atoms with Gasteiger partial charge in [0.2, 0.25) is 5.13 Å². The van der Waals surface area contributed by atoms with Crippen LogP contribution in [0.2, 0.25) is 0 Å². The minimum absolute atomic E-state index is 0.0548. The van der Waals surface area contributed by atoms with Crippen molar-refractivity contribution in [3.8, 4) is 28.2 Å². The summed E-state index contributed by atoms with van der Waals surface area (Å²) >= 11 is 2.30. The van der Waals surface area contributed by atoms with Gasteiger partial charge in [0, 0.05) is 35.5 Å². The van der Waals surface area contributed by atoms with Gasteiger partial charge in [0.05, 0.1) is 17.0 Å². The zero-order chi connectivity index (χ0) is 30.6. The maximum atomic E-state index is 14.8. The monoisotopic (exact) mass is 611 g/mol. The first-order chi connectivity index (χ1) is 20.0. The highest BCUT2D eigenvalue weighted by Gasteiger charge is 2.29. The van der Waals surface area contributed by atoms with Crippen molar-refractivity contribution in [2.45, 2.75) is 51.3 Å². The molecule has 1 saturated carbocycles. The lowest BCUT2D eigenvalue weighted by atomic mass is 9.95. The Hall–Kier alpha value is -3.56. The van der Waals surface area contributed by atoms with Gasteiger partial charge in [0.15, 0.2) is 5.69 Å². The molecule has 1 aliphatic rings. The molecule has 0 radical (unpaired) electrons. The van der Waals surface area contributed by atoms with E-state index in [0.717, 1.165) is 55.1 Å². The van der Waals surface area contributed by atoms with Crippen LogP contribution in [0.4, 0.5) is 8.78 Å². The van der Waals surface area contributed by atoms with Gasteiger partial charge in [-0.2, -0.15) is 5.10 Å². The summed E-state index contributed by atoms with van der Waals surface area (Å²) in [6.07, 6.45) is 3.28. The van der Waals surface area contributed by atoms with E-state index in [4.69, 9.17) is 10.2 Å². The zero-order valence-corrected chi connectivity index (χ0v) is 25.5. The third-order valence-electron chi connectivity index (χ3n) is 6.51. The summed E-state index contributed by atoms with van der Waals surface area (Å²) in [4.78, 5) is 16.3. The second-order valence-electron chi connectivity index (χ2n) is 10.9. The molecule has 220 valence electrons. The third kappa shape index (κ3) is 7.44. The molecular formula is C31H33F2N4O3S2+. The highest BCUT2D eigenvalue weighted by Crippen LogP contribution is 2.38. The molecular weight excluding hydrogens is 578 g/mol. The number of nitrogens with zero attached hydrogens (tertiary/aromatic N) is 3. The van der Waals surface area contributed by atoms with Gasteiger partial charge < -0.3 is 10.2 Å². The summed E-state index contributed by atoms with van der Waals surface area (Å²) in [5, 5.41) is 27.0. The fourth-order valence-electron chi connectivity index (χ4n) is 4.32. The van der Waals surface area contributed by atoms with Gasteiger partial charge in [-0.25, -0.2) is 23.2 Å². The lowest BCUT2D eigenvalue weighted by molar-refractivity contribution is -0.137. The number of benzene rings is 2. The molecule has 0 bridgehead atoms. The largest absolute Gasteiger partial charge is 0.476 e. The van der Waals surface area contributed by atoms with Crippen LogP contribution in [0.5, 0.6) is 0 Å². The van der Waals surface area contributed by atoms with Crippen LogP contribution in [0.3, 0.4) is 0 Å². The fourth-order valence-corrected chi connectivity index (χ4v) is 5.46. The minimum Gasteiger partial charge on any atom is -0.476 e. The Morgan fingerprint density at radius 3 is 2.50 bits per heavy atom. The Morgan fingerprint density at radius 2 is 1.90 bits per heavy atom. The summed E-state index contributed by atoms with van der Waals surface area (Å²) in [5.41, 5.74) is 3.71. The Bertz CT molecular complexity index is 1660. The van der Waals surface area contributed by atoms with E-state index >= 15 is 0 Å². The van der Waals surface area contributed by atoms with Gasteiger partial charge >= 0.3 is 5.97 Å². The van der Waals surface area contributed by atoms with Gasteiger partial charge in [-0.1, -0.05) is 17.9 Å². The summed E-state index contributed by atoms with van der Waals surface area (Å²) in [6, 6.07) is 9.84. The number of halogens is 2. The van der Waals surface area contributed by atoms with Gasteiger partial charge in [0.1, 0.15) is 28.5 Å². The van der Waals surface area contributed by atoms with Gasteiger partial charge in [-0.3, -0.25) is 5.14 Å². The number of aromatic nitrogens is 3. The number of thiazole rings is 1. The smallest absolute Gasteiger partial charge is 0.355 e. The van der Waals surface area contributed by atoms with Gasteiger partial charge in [-0.15, -0.1) is 11.3 Å². The van der Waals surface area contributed by atoms with Crippen molar-refractivity contribution < 1.29 is 28.9 Å². The number of aliphatic hydroxyl groups is 1. The summed E-state index contributed by atoms with van der Waals surface area (Å²) < 4.78 is 31.2. The van der Waals surface area contributed by atoms with E-state index in [-0.39, 0.29) is 22.5 Å². The van der Waals surface area contributed by atoms with Crippen molar-refractivity contribution in [3.63, 3.8) is 0 Å². The Balaban J connectivity index is 0.00000198. The molecule has 0 saturated heterocycles. The number of quaternary nitrogens is 1. The molecule has 1 aliphatic carbocycles. The highest BCUT2D eigenvalue weighted by molar-refractivity contribution is 7.92. The Kier molecular flexibility index (Phi) is 9.84. The number of rotatable bonds is 8. The van der Waals surface area contributed by atoms with Crippen LogP contribution < -0.4 is 5.14 Å². The summed E-state index contributed by atoms with van der Waals surface area (Å²) in [7, 11) is 1.00. The molecule has 0 amide bonds. The lowest BCUT2D eigenvalue weighted by Crippen LogP contribution is -2.36. The molecule has 2 aromatic carbocycles. The maximum Gasteiger partial charge on any atom is 0.355 e. The van der Waals surface area contributed by atoms with E-state index < -0.39 is 11.8 Å². The molecule has 2 heterocycles. The van der Waals surface area contributed by atoms with E-state index in [1.54, 1.807) is 22.9 Å². The second-order valence-corrected chi connectivity index (χ2v) is 12.5. The van der Waals surface area contributed by atoms with Crippen molar-refractivity contribution in [3.05, 3.63) is 81.5 Å². The minimum atomic E-state index is -1.11. The van der Waals surface area contributed by atoms with Crippen LogP contribution >= 0.6 is 23.3 Å². The van der Waals surface area contributed by atoms with Crippen molar-refractivity contribution in [1.29, 1.82) is 0 Å². The average molecular weight is 612 g/mol. The predicted molar refractivity (Wildman–Crippen MR) is 160 cm³/mol. The first-order valence-electron chi connectivity index (χ1n) is 13.3. The topological polar surface area (TPSA) is 116 Å². The number of carbonyl (C=O) groups is 1. The van der Waals surface area contributed by atoms with E-state index in [1.165, 1.54) is 28.8 Å². The molecule has 5 rings (SSSR count). The van der Waals surface area contributed by atoms with Crippen LogP contribution in [0, 0.1) is 34.8 Å². The van der Waals surface area contributed by atoms with Gasteiger partial charge in [0.25, 0.3) is 0 Å². The molecule has 42 heavy (non-hydrogen) atoms. The number of carboxylic acid groups (broad SMARTS) is 1. The molecule has 11 heteroatoms. The molecule has 2 aromatic heterocycles. The normalized spacial score (nSPS) is 12.8. The van der Waals surface area contributed by atoms with E-state index in [0.29, 0.717) is 33.6 Å². The van der Waals surface area contributed by atoms with Crippen LogP contribution in [-0.2, 0) is 12.8 Å². The van der Waals surface area contributed by atoms with Gasteiger partial charge in [-0.05, 0) is 81.8 Å². The number of aliphatic hydroxyl groups excluding tert-OH is 1. The zero-order valence-electron chi connectivity index (χ0n) is 23.9. The molecule has 7 nitrogen and oxygen atoms in total. The average Bonchev–Trinajstić information content (AvgIpc) is 3.51. The van der Waals surface area contributed by atoms with E-state index in [9.17, 15) is 18.7 Å². The number of hydrogen-bond acceptors (Lipinski definition) is 6. The fraction of sp³-hybridized carbons (Fsp3) is 0.323. The van der Waals surface area contributed by atoms with Crippen LogP contribution in [-0.4, -0.2) is 38.1 Å². The first-order valence-corrected chi connectivity index (χ1v) is 15.2. The second kappa shape index (κ2) is 13.2. The number of carboxylic acids is 1. The van der Waals surface area contributed by atoms with Crippen LogP contribution in [0.25, 0.3) is 16.4 Å². The molecule has 4 aromatic rings. The SMILES string of the molecule is CC(C)(C)C#Cc1cc(-c2nn(-c3nc(C(=O)O)cs3)c(CC3CC3)c2Cc2ccc(S[NH3+])c(F)c2)ccc1F.CO. The van der Waals surface area contributed by atoms with Crippen molar-refractivity contribution >= 4 is 29.3 Å². The molecule has 1 fully saturated rings. The molecule has 0 unspecified atom stereocenters. The summed E-state index contributed by atoms with van der Waals surface area (Å²) in [5.74, 6) is 4.66. The van der Waals surface area contributed by atoms with Crippen molar-refractivity contribution in [2.24, 2.45) is 11.3 Å². The van der Waals surface area contributed by atoms with Crippen molar-refractivity contribution in [2.75, 3.05) is 7.11 Å². The molecule has 0 spiro atoms. The Morgan fingerprint density at radius 1 is 1.17 bits per heavy atom. The van der Waals surface area contributed by atoms with Crippen LogP contribution in [0.1, 0.15) is 66.5 Å². The highest BCUT2D eigenvalue weighted by atomic mass is 32.2. The third-order valence-corrected chi connectivity index (χ3v) is 7.96. The van der Waals surface area contributed by atoms with Crippen LogP contribution in [0.15, 0.2) is 46.7 Å². The standard InChI is InChI=1S/C30H28F2N4O2S2.CH4O/c1-30(2,3)11-10-19-15-20(7-8-22(19)31)27-21(12-18-6-9-26(40-33)23(32)13-18)25(14-17-4-5-17)36(35-27)29-34-24(16-39-29)28(37)38;1-2/h6-9,13,15-17H,4-5,12,14,33H2,1-3H3,(H,37,38);2H,1H3/p+1. The first kappa shape index (κ1) is 31.4. The van der Waals surface area contributed by atoms with E-state index in [2.05, 4.69) is 22.0 Å². The number of aromatic carboxylic acids is 1. The predicted octanol–water partition coefficient (Wildman–Crippen LogP) is 5.77. The quantitative estimate of drug-likeness (QED) is 0.172.